The van der Waals surface area contributed by atoms with E-state index in [9.17, 15) is 8.78 Å². The minimum absolute atomic E-state index is 0.0295. The molecule has 0 unspecified atom stereocenters. The largest absolute Gasteiger partial charge is 0.424 e. The van der Waals surface area contributed by atoms with Gasteiger partial charge in [0.2, 0.25) is 11.7 Å². The van der Waals surface area contributed by atoms with Crippen molar-refractivity contribution in [1.82, 2.24) is 35.4 Å². The molecule has 2 N–H and O–H groups in total. The van der Waals surface area contributed by atoms with E-state index in [1.54, 1.807) is 42.5 Å². The fourth-order valence-corrected chi connectivity index (χ4v) is 2.87. The lowest BCUT2D eigenvalue weighted by Gasteiger charge is -2.01. The molecule has 0 atom stereocenters. The smallest absolute Gasteiger partial charge is 0.314 e. The van der Waals surface area contributed by atoms with E-state index in [0.29, 0.717) is 29.0 Å². The summed E-state index contributed by atoms with van der Waals surface area (Å²) in [5, 5.41) is 19.4. The molecular weight excluding hydrogens is 398 g/mol. The normalized spacial score (nSPS) is 11.6. The fourth-order valence-electron chi connectivity index (χ4n) is 2.87. The molecule has 0 saturated heterocycles. The maximum atomic E-state index is 12.6. The highest BCUT2D eigenvalue weighted by Gasteiger charge is 2.17. The molecule has 2 aromatic carbocycles. The van der Waals surface area contributed by atoms with Crippen LogP contribution in [0.5, 0.6) is 0 Å². The van der Waals surface area contributed by atoms with Gasteiger partial charge in [-0.3, -0.25) is 0 Å². The number of rotatable bonds is 5. The number of anilines is 1. The van der Waals surface area contributed by atoms with Crippen molar-refractivity contribution in [2.24, 2.45) is 0 Å². The zero-order chi connectivity index (χ0) is 20.7. The second-order valence-electron chi connectivity index (χ2n) is 6.32. The number of nitrogens with two attached hydrogens (primary N) is 1. The Morgan fingerprint density at radius 1 is 0.967 bits per heavy atom. The summed E-state index contributed by atoms with van der Waals surface area (Å²) >= 11 is 0. The Balaban J connectivity index is 1.33. The molecule has 0 radical (unpaired) electrons. The van der Waals surface area contributed by atoms with Crippen molar-refractivity contribution >= 4 is 17.1 Å². The quantitative estimate of drug-likeness (QED) is 0.463. The van der Waals surface area contributed by atoms with E-state index in [0.717, 1.165) is 11.1 Å². The number of hydrogen-bond acceptors (Lipinski definition) is 9. The van der Waals surface area contributed by atoms with Crippen molar-refractivity contribution in [1.29, 1.82) is 0 Å². The highest BCUT2D eigenvalue weighted by Crippen LogP contribution is 2.24. The van der Waals surface area contributed by atoms with E-state index in [2.05, 4.69) is 30.6 Å². The van der Waals surface area contributed by atoms with E-state index in [-0.39, 0.29) is 11.9 Å². The van der Waals surface area contributed by atoms with Crippen molar-refractivity contribution in [2.75, 3.05) is 5.73 Å². The third-order valence-electron chi connectivity index (χ3n) is 4.27. The molecule has 3 aromatic heterocycles. The van der Waals surface area contributed by atoms with Crippen LogP contribution in [-0.2, 0) is 6.54 Å². The number of fused-ring (bicyclic) bond motifs is 1. The van der Waals surface area contributed by atoms with Crippen LogP contribution in [-0.4, -0.2) is 35.4 Å². The Hall–Kier alpha value is -4.22. The van der Waals surface area contributed by atoms with Crippen LogP contribution >= 0.6 is 0 Å². The first-order valence-corrected chi connectivity index (χ1v) is 8.70. The summed E-state index contributed by atoms with van der Waals surface area (Å²) in [5.41, 5.74) is 8.87. The van der Waals surface area contributed by atoms with E-state index < -0.39 is 12.3 Å². The number of tetrazole rings is 1. The van der Waals surface area contributed by atoms with E-state index in [4.69, 9.17) is 14.6 Å². The van der Waals surface area contributed by atoms with Crippen LogP contribution < -0.4 is 5.73 Å². The highest BCUT2D eigenvalue weighted by molar-refractivity contribution is 5.79. The topological polar surface area (TPSA) is 135 Å². The summed E-state index contributed by atoms with van der Waals surface area (Å²) in [5.74, 6) is -0.248. The number of nitrogen functional groups attached to an aromatic ring is 1. The van der Waals surface area contributed by atoms with Crippen LogP contribution in [0.2, 0.25) is 0 Å². The molecule has 5 rings (SSSR count). The van der Waals surface area contributed by atoms with Crippen LogP contribution in [0.1, 0.15) is 17.9 Å². The number of nitrogens with zero attached hydrogens (tertiary/aromatic N) is 7. The summed E-state index contributed by atoms with van der Waals surface area (Å²) in [7, 11) is 0. The first-order chi connectivity index (χ1) is 14.5. The molecular formula is C18H12F2N8O2. The monoisotopic (exact) mass is 410 g/mol. The summed E-state index contributed by atoms with van der Waals surface area (Å²) in [6.45, 7) is 0.360. The highest BCUT2D eigenvalue weighted by atomic mass is 19.3. The Morgan fingerprint density at radius 3 is 2.53 bits per heavy atom. The van der Waals surface area contributed by atoms with Crippen molar-refractivity contribution in [2.45, 2.75) is 13.0 Å². The molecule has 0 amide bonds. The van der Waals surface area contributed by atoms with Gasteiger partial charge >= 0.3 is 6.43 Å². The van der Waals surface area contributed by atoms with Crippen LogP contribution in [0.4, 0.5) is 14.8 Å². The lowest BCUT2D eigenvalue weighted by Crippen LogP contribution is -2.03. The molecule has 0 bridgehead atoms. The van der Waals surface area contributed by atoms with Crippen molar-refractivity contribution < 1.29 is 17.6 Å². The molecule has 0 aliphatic heterocycles. The molecule has 150 valence electrons. The van der Waals surface area contributed by atoms with Crippen molar-refractivity contribution in [3.8, 4) is 22.8 Å². The third-order valence-corrected chi connectivity index (χ3v) is 4.27. The van der Waals surface area contributed by atoms with Gasteiger partial charge in [0.1, 0.15) is 5.52 Å². The lowest BCUT2D eigenvalue weighted by molar-refractivity contribution is 0.116. The van der Waals surface area contributed by atoms with Gasteiger partial charge in [-0.15, -0.1) is 20.4 Å². The number of oxazole rings is 1. The number of hydrogen-bond donors (Lipinski definition) is 1. The van der Waals surface area contributed by atoms with E-state index >= 15 is 0 Å². The maximum absolute atomic E-state index is 12.6. The first-order valence-electron chi connectivity index (χ1n) is 8.70. The van der Waals surface area contributed by atoms with Gasteiger partial charge in [0.25, 0.3) is 11.9 Å². The summed E-state index contributed by atoms with van der Waals surface area (Å²) < 4.78 is 35.3. The summed E-state index contributed by atoms with van der Waals surface area (Å²) in [6.07, 6.45) is -2.81. The molecule has 0 fully saturated rings. The molecule has 3 heterocycles. The molecule has 0 saturated carbocycles. The molecule has 30 heavy (non-hydrogen) atoms. The van der Waals surface area contributed by atoms with Gasteiger partial charge in [-0.05, 0) is 41.1 Å². The molecule has 0 aliphatic rings. The van der Waals surface area contributed by atoms with Crippen LogP contribution in [0.3, 0.4) is 0 Å². The molecule has 5 aromatic rings. The van der Waals surface area contributed by atoms with Crippen LogP contribution in [0.25, 0.3) is 33.9 Å². The minimum Gasteiger partial charge on any atom is -0.424 e. The van der Waals surface area contributed by atoms with Gasteiger partial charge in [0.05, 0.1) is 6.54 Å². The SMILES string of the molecule is Nc1nc2cc(-c3nnn(Cc4ccc(-c5nnc(C(F)F)o5)cc4)n3)ccc2o1. The minimum atomic E-state index is -2.81. The van der Waals surface area contributed by atoms with Crippen LogP contribution in [0, 0.1) is 0 Å². The van der Waals surface area contributed by atoms with Crippen molar-refractivity contribution in [3.63, 3.8) is 0 Å². The van der Waals surface area contributed by atoms with Crippen molar-refractivity contribution in [3.05, 3.63) is 53.9 Å². The fraction of sp³-hybridized carbons (Fsp3) is 0.111. The zero-order valence-corrected chi connectivity index (χ0v) is 15.1. The maximum Gasteiger partial charge on any atom is 0.314 e. The van der Waals surface area contributed by atoms with Gasteiger partial charge in [-0.2, -0.15) is 18.6 Å². The number of aromatic nitrogens is 7. The Morgan fingerprint density at radius 2 is 1.77 bits per heavy atom. The average molecular weight is 410 g/mol. The van der Waals surface area contributed by atoms with E-state index in [1.807, 2.05) is 0 Å². The lowest BCUT2D eigenvalue weighted by atomic mass is 10.1. The Bertz CT molecular complexity index is 1330. The van der Waals surface area contributed by atoms with Crippen LogP contribution in [0.15, 0.2) is 51.3 Å². The molecule has 0 spiro atoms. The standard InChI is InChI=1S/C18H12F2N8O2/c19-14(20)17-25-24-16(30-17)10-3-1-9(2-4-10)8-28-26-15(23-27-28)11-5-6-13-12(7-11)22-18(21)29-13/h1-7,14H,8H2,(H2,21,22). The van der Waals surface area contributed by atoms with E-state index in [1.165, 1.54) is 4.80 Å². The summed E-state index contributed by atoms with van der Waals surface area (Å²) in [4.78, 5) is 5.53. The predicted molar refractivity (Wildman–Crippen MR) is 99.0 cm³/mol. The molecule has 10 nitrogen and oxygen atoms in total. The van der Waals surface area contributed by atoms with Gasteiger partial charge in [-0.1, -0.05) is 12.1 Å². The second-order valence-corrected chi connectivity index (χ2v) is 6.32. The molecule has 0 aliphatic carbocycles. The zero-order valence-electron chi connectivity index (χ0n) is 15.1. The average Bonchev–Trinajstić information content (AvgIpc) is 3.47. The Labute approximate surface area is 166 Å². The van der Waals surface area contributed by atoms with Gasteiger partial charge in [-0.25, -0.2) is 0 Å². The predicted octanol–water partition coefficient (Wildman–Crippen LogP) is 3.10. The van der Waals surface area contributed by atoms with Gasteiger partial charge in [0, 0.05) is 11.1 Å². The Kier molecular flexibility index (Phi) is 4.16. The number of benzene rings is 2. The second kappa shape index (κ2) is 6.99. The van der Waals surface area contributed by atoms with Gasteiger partial charge in [0.15, 0.2) is 5.58 Å². The molecule has 12 heteroatoms. The first kappa shape index (κ1) is 17.8. The summed E-state index contributed by atoms with van der Waals surface area (Å²) in [6, 6.07) is 12.4. The number of alkyl halides is 2. The van der Waals surface area contributed by atoms with Gasteiger partial charge < -0.3 is 14.6 Å². The number of halogens is 2. The third kappa shape index (κ3) is 3.34.